The van der Waals surface area contributed by atoms with Crippen molar-refractivity contribution in [3.05, 3.63) is 152 Å². The first-order valence-electron chi connectivity index (χ1n) is 31.2. The lowest BCUT2D eigenvalue weighted by Gasteiger charge is -2.39. The Bertz CT molecular complexity index is 3730. The number of hydrogen-bond acceptors (Lipinski definition) is 14. The molecule has 2 aromatic heterocycles. The van der Waals surface area contributed by atoms with Crippen LogP contribution in [0.3, 0.4) is 0 Å². The average Bonchev–Trinajstić information content (AvgIpc) is 1.80. The summed E-state index contributed by atoms with van der Waals surface area (Å²) >= 11 is 6.28. The molecule has 4 amide bonds. The highest BCUT2D eigenvalue weighted by Crippen LogP contribution is 2.44. The van der Waals surface area contributed by atoms with E-state index in [0.717, 1.165) is 156 Å². The van der Waals surface area contributed by atoms with Crippen LogP contribution in [0.1, 0.15) is 141 Å². The third-order valence-electron chi connectivity index (χ3n) is 18.3. The molecule has 21 heteroatoms. The number of anilines is 2. The molecule has 0 saturated carbocycles. The summed E-state index contributed by atoms with van der Waals surface area (Å²) in [5.41, 5.74) is 8.31. The number of carbonyl (C=O) groups is 4. The second-order valence-electron chi connectivity index (χ2n) is 25.2. The number of aromatic amines is 1. The third-order valence-corrected chi connectivity index (χ3v) is 19.9. The van der Waals surface area contributed by atoms with Crippen molar-refractivity contribution in [1.29, 1.82) is 0 Å². The van der Waals surface area contributed by atoms with E-state index in [-0.39, 0.29) is 46.6 Å². The van der Waals surface area contributed by atoms with Crippen molar-refractivity contribution >= 4 is 78.9 Å². The number of ether oxygens (including phenoxy) is 1. The first kappa shape index (κ1) is 62.0. The maximum absolute atomic E-state index is 14.2. The summed E-state index contributed by atoms with van der Waals surface area (Å²) in [6, 6.07) is 25.8. The van der Waals surface area contributed by atoms with E-state index in [1.165, 1.54) is 35.0 Å². The number of allylic oxidation sites excluding steroid dienone is 1. The van der Waals surface area contributed by atoms with Gasteiger partial charge in [0.2, 0.25) is 11.8 Å². The van der Waals surface area contributed by atoms with Gasteiger partial charge >= 0.3 is 0 Å². The van der Waals surface area contributed by atoms with E-state index in [2.05, 4.69) is 72.1 Å². The number of nitrogens with one attached hydrogen (secondary N) is 4. The van der Waals surface area contributed by atoms with Gasteiger partial charge in [0, 0.05) is 98.8 Å². The lowest BCUT2D eigenvalue weighted by molar-refractivity contribution is -0.384. The van der Waals surface area contributed by atoms with Gasteiger partial charge in [-0.2, -0.15) is 0 Å². The Morgan fingerprint density at radius 2 is 1.66 bits per heavy atom. The Balaban J connectivity index is 0.653. The van der Waals surface area contributed by atoms with Crippen molar-refractivity contribution in [2.45, 2.75) is 128 Å². The minimum absolute atomic E-state index is 0.0448. The maximum Gasteiger partial charge on any atom is 0.293 e. The Kier molecular flexibility index (Phi) is 19.3. The molecule has 4 N–H and O–H groups in total. The molecule has 4 aromatic carbocycles. The van der Waals surface area contributed by atoms with Crippen LogP contribution in [0.4, 0.5) is 17.1 Å². The second-order valence-corrected chi connectivity index (χ2v) is 27.3. The molecule has 19 nitrogen and oxygen atoms in total. The van der Waals surface area contributed by atoms with Crippen molar-refractivity contribution in [3.63, 3.8) is 0 Å². The number of piperazine rings is 1. The van der Waals surface area contributed by atoms with Crippen molar-refractivity contribution < 1.29 is 37.3 Å². The number of sulfonamides is 1. The number of nitrogens with zero attached hydrogens (tertiary/aromatic N) is 6. The minimum Gasteiger partial charge on any atom is -0.455 e. The monoisotopic (exact) mass is 1230 g/mol. The van der Waals surface area contributed by atoms with Crippen LogP contribution < -0.4 is 25.0 Å². The van der Waals surface area contributed by atoms with Crippen LogP contribution in [-0.2, 0) is 32.6 Å². The number of imide groups is 1. The van der Waals surface area contributed by atoms with Gasteiger partial charge < -0.3 is 29.7 Å². The van der Waals surface area contributed by atoms with Crippen LogP contribution in [0.25, 0.3) is 16.6 Å². The molecule has 3 fully saturated rings. The number of aromatic nitrogens is 2. The van der Waals surface area contributed by atoms with Gasteiger partial charge in [-0.3, -0.25) is 39.5 Å². The van der Waals surface area contributed by atoms with Crippen molar-refractivity contribution in [3.8, 4) is 11.5 Å². The first-order chi connectivity index (χ1) is 42.4. The molecule has 2 atom stereocenters. The molecule has 5 aliphatic rings. The number of piperidine rings is 2. The number of amides is 4. The number of hydrogen-bond donors (Lipinski definition) is 4. The fraction of sp³-hybridized carbons (Fsp3) is 0.448. The number of pyridine rings is 1. The summed E-state index contributed by atoms with van der Waals surface area (Å²) in [6.07, 6.45) is 17.6. The Hall–Kier alpha value is -7.65. The number of fused-ring (bicyclic) bond motifs is 2. The minimum atomic E-state index is -4.62. The molecular weight excluding hydrogens is 1160 g/mol. The normalized spacial score (nSPS) is 19.2. The number of nitro benzene ring substituents is 1. The van der Waals surface area contributed by atoms with E-state index in [0.29, 0.717) is 49.6 Å². The second kappa shape index (κ2) is 27.4. The Morgan fingerprint density at radius 1 is 0.875 bits per heavy atom. The fourth-order valence-corrected chi connectivity index (χ4v) is 14.5. The molecule has 0 bridgehead atoms. The van der Waals surface area contributed by atoms with E-state index in [1.807, 2.05) is 30.3 Å². The molecule has 2 unspecified atom stereocenters. The zero-order chi connectivity index (χ0) is 61.5. The lowest BCUT2D eigenvalue weighted by Crippen LogP contribution is -2.52. The van der Waals surface area contributed by atoms with Crippen LogP contribution in [-0.4, -0.2) is 127 Å². The number of H-pyrrole nitrogens is 1. The number of carbonyl (C=O) groups excluding carboxylic acids is 4. The fourth-order valence-electron chi connectivity index (χ4n) is 13.4. The van der Waals surface area contributed by atoms with Crippen LogP contribution in [0.2, 0.25) is 5.02 Å². The summed E-state index contributed by atoms with van der Waals surface area (Å²) in [5.74, 6) is -1.09. The van der Waals surface area contributed by atoms with E-state index < -0.39 is 43.4 Å². The topological polar surface area (TPSA) is 233 Å². The van der Waals surface area contributed by atoms with Crippen molar-refractivity contribution in [2.75, 3.05) is 69.1 Å². The number of benzene rings is 4. The van der Waals surface area contributed by atoms with Crippen LogP contribution >= 0.6 is 11.6 Å². The van der Waals surface area contributed by atoms with Gasteiger partial charge in [-0.1, -0.05) is 87.4 Å². The molecular formula is C67H79ClN10O9S. The molecule has 3 saturated heterocycles. The SMILES string of the molecule is CC1(C)CCC(CN2CCN(c3ccc(C(=O)NS(=O)(=O)c4ccc(NCC5CCCN(CCCCCCCCCc6cccc7c6CN(C6CCC(=O)NC6=O)C7=O)C5)c([N+](=O)[O-])c4)c(Oc4cnc5[nH]ccc5c4)c3)CC2)=C(c2ccc(Cl)cc2)C1. The zero-order valence-corrected chi connectivity index (χ0v) is 51.9. The summed E-state index contributed by atoms with van der Waals surface area (Å²) in [4.78, 5) is 79.5. The molecule has 0 spiro atoms. The average molecular weight is 1240 g/mol. The van der Waals surface area contributed by atoms with Crippen LogP contribution in [0.5, 0.6) is 11.5 Å². The number of aryl methyl sites for hydroxylation is 1. The Labute approximate surface area is 519 Å². The van der Waals surface area contributed by atoms with Crippen molar-refractivity contribution in [2.24, 2.45) is 11.3 Å². The summed E-state index contributed by atoms with van der Waals surface area (Å²) in [7, 11) is -4.62. The molecule has 0 radical (unpaired) electrons. The molecule has 11 rings (SSSR count). The van der Waals surface area contributed by atoms with Gasteiger partial charge in [-0.15, -0.1) is 0 Å². The van der Waals surface area contributed by atoms with E-state index in [4.69, 9.17) is 16.3 Å². The maximum atomic E-state index is 14.2. The van der Waals surface area contributed by atoms with Gasteiger partial charge in [0.15, 0.2) is 0 Å². The van der Waals surface area contributed by atoms with Crippen LogP contribution in [0, 0.1) is 21.4 Å². The quantitative estimate of drug-likeness (QED) is 0.0191. The summed E-state index contributed by atoms with van der Waals surface area (Å²) in [5, 5.41) is 19.7. The number of nitro groups is 1. The lowest BCUT2D eigenvalue weighted by atomic mass is 9.72. The molecule has 6 heterocycles. The van der Waals surface area contributed by atoms with E-state index in [1.54, 1.807) is 35.4 Å². The number of halogens is 1. The largest absolute Gasteiger partial charge is 0.455 e. The summed E-state index contributed by atoms with van der Waals surface area (Å²) in [6.45, 7) is 12.3. The highest BCUT2D eigenvalue weighted by molar-refractivity contribution is 7.90. The zero-order valence-electron chi connectivity index (χ0n) is 50.3. The third kappa shape index (κ3) is 14.9. The van der Waals surface area contributed by atoms with E-state index in [9.17, 15) is 37.7 Å². The van der Waals surface area contributed by atoms with Gasteiger partial charge in [0.25, 0.3) is 27.5 Å². The Morgan fingerprint density at radius 3 is 2.44 bits per heavy atom. The summed E-state index contributed by atoms with van der Waals surface area (Å²) < 4.78 is 36.6. The smallest absolute Gasteiger partial charge is 0.293 e. The predicted octanol–water partition coefficient (Wildman–Crippen LogP) is 11.7. The number of unbranched alkanes of at least 4 members (excludes halogenated alkanes) is 6. The molecule has 6 aromatic rings. The number of likely N-dealkylation sites (tertiary alicyclic amines) is 1. The van der Waals surface area contributed by atoms with Crippen molar-refractivity contribution in [1.82, 2.24) is 34.7 Å². The number of rotatable bonds is 24. The predicted molar refractivity (Wildman–Crippen MR) is 341 cm³/mol. The van der Waals surface area contributed by atoms with Gasteiger partial charge in [0.1, 0.15) is 28.9 Å². The van der Waals surface area contributed by atoms with E-state index >= 15 is 0 Å². The molecule has 1 aliphatic carbocycles. The standard InChI is InChI=1S/C67H79ClN10O9S/c1-67(2)28-26-49(56(39-67)47-16-18-50(68)19-17-47)43-75-32-34-76(35-33-75)51-20-22-55(61(37-51)87-52-36-48-27-29-69-63(48)71-41-52)64(80)73-88(85,86)53-21-23-58(60(38-53)78(83)84)70-40-45-12-11-31-74(42-45)30-9-7-5-3-4-6-8-13-46-14-10-15-54-57(46)44-77(66(54)82)59-24-25-62(79)72-65(59)81/h10,14-23,27,29,36-38,41,45,59,70H,3-9,11-13,24-26,28,30-35,39-40,42-44H2,1-2H3,(H,69,71)(H,73,80)(H,72,79,81). The molecule has 4 aliphatic heterocycles. The first-order valence-corrected chi connectivity index (χ1v) is 33.1. The highest BCUT2D eigenvalue weighted by atomic mass is 35.5. The highest BCUT2D eigenvalue weighted by Gasteiger charge is 2.40. The van der Waals surface area contributed by atoms with Gasteiger partial charge in [0.05, 0.1) is 21.6 Å². The van der Waals surface area contributed by atoms with Gasteiger partial charge in [-0.25, -0.2) is 18.1 Å². The van der Waals surface area contributed by atoms with Crippen LogP contribution in [0.15, 0.2) is 114 Å². The molecule has 464 valence electrons. The molecule has 88 heavy (non-hydrogen) atoms. The van der Waals surface area contributed by atoms with Gasteiger partial charge in [-0.05, 0) is 159 Å².